The highest BCUT2D eigenvalue weighted by Crippen LogP contribution is 2.37. The predicted octanol–water partition coefficient (Wildman–Crippen LogP) is 8.39. The van der Waals surface area contributed by atoms with Gasteiger partial charge in [0.05, 0.1) is 16.7 Å². The van der Waals surface area contributed by atoms with Crippen LogP contribution in [0.1, 0.15) is 111 Å². The van der Waals surface area contributed by atoms with Crippen LogP contribution in [0.5, 0.6) is 0 Å². The molecule has 1 atom stereocenters. The van der Waals surface area contributed by atoms with Gasteiger partial charge in [0, 0.05) is 5.41 Å². The average Bonchev–Trinajstić information content (AvgIpc) is 2.68. The standard InChI is InChI=1S/C25H39ClN2/c1-7-10-12-13-17-25(6,9-3)22-23(26)28-21-18-19(14-15-20(21)27-22)24(4,5)16-11-8-2/h14-15,18H,7-13,16-17H2,1-6H3. The molecule has 1 heterocycles. The molecule has 0 aliphatic rings. The lowest BCUT2D eigenvalue weighted by molar-refractivity contribution is 0.386. The first-order chi connectivity index (χ1) is 13.3. The summed E-state index contributed by atoms with van der Waals surface area (Å²) in [7, 11) is 0. The topological polar surface area (TPSA) is 25.8 Å². The monoisotopic (exact) mass is 402 g/mol. The van der Waals surface area contributed by atoms with E-state index in [1.807, 2.05) is 0 Å². The summed E-state index contributed by atoms with van der Waals surface area (Å²) in [6.45, 7) is 13.7. The van der Waals surface area contributed by atoms with Crippen LogP contribution in [0.15, 0.2) is 18.2 Å². The molecule has 0 bridgehead atoms. The molecule has 1 aromatic carbocycles. The van der Waals surface area contributed by atoms with Crippen molar-refractivity contribution in [2.75, 3.05) is 0 Å². The maximum absolute atomic E-state index is 6.68. The number of nitrogens with zero attached hydrogens (tertiary/aromatic N) is 2. The van der Waals surface area contributed by atoms with Gasteiger partial charge in [0.15, 0.2) is 5.15 Å². The zero-order valence-corrected chi connectivity index (χ0v) is 19.6. The minimum Gasteiger partial charge on any atom is -0.247 e. The lowest BCUT2D eigenvalue weighted by atomic mass is 9.78. The fraction of sp³-hybridized carbons (Fsp3) is 0.680. The summed E-state index contributed by atoms with van der Waals surface area (Å²) in [4.78, 5) is 9.80. The second-order valence-electron chi connectivity index (χ2n) is 9.28. The molecule has 0 saturated heterocycles. The van der Waals surface area contributed by atoms with Crippen molar-refractivity contribution in [1.29, 1.82) is 0 Å². The van der Waals surface area contributed by atoms with Crippen molar-refractivity contribution in [3.63, 3.8) is 0 Å². The van der Waals surface area contributed by atoms with Crippen molar-refractivity contribution >= 4 is 22.6 Å². The molecule has 0 aliphatic carbocycles. The van der Waals surface area contributed by atoms with Crippen LogP contribution in [-0.2, 0) is 10.8 Å². The summed E-state index contributed by atoms with van der Waals surface area (Å²) >= 11 is 6.68. The fourth-order valence-corrected chi connectivity index (χ4v) is 4.37. The van der Waals surface area contributed by atoms with Crippen molar-refractivity contribution in [2.24, 2.45) is 0 Å². The Morgan fingerprint density at radius 1 is 0.821 bits per heavy atom. The second kappa shape index (κ2) is 10.1. The molecule has 0 fully saturated rings. The molecule has 0 N–H and O–H groups in total. The van der Waals surface area contributed by atoms with E-state index in [0.29, 0.717) is 5.15 Å². The minimum absolute atomic E-state index is 0.00885. The van der Waals surface area contributed by atoms with E-state index in [9.17, 15) is 0 Å². The van der Waals surface area contributed by atoms with E-state index in [2.05, 4.69) is 59.7 Å². The van der Waals surface area contributed by atoms with Crippen LogP contribution in [0, 0.1) is 0 Å². The molecule has 28 heavy (non-hydrogen) atoms. The highest BCUT2D eigenvalue weighted by molar-refractivity contribution is 6.30. The first-order valence-electron chi connectivity index (χ1n) is 11.3. The van der Waals surface area contributed by atoms with Crippen LogP contribution in [0.4, 0.5) is 0 Å². The summed E-state index contributed by atoms with van der Waals surface area (Å²) in [5.41, 5.74) is 4.31. The molecule has 0 aliphatic heterocycles. The van der Waals surface area contributed by atoms with Crippen LogP contribution >= 0.6 is 11.6 Å². The molecule has 2 nitrogen and oxygen atoms in total. The predicted molar refractivity (Wildman–Crippen MR) is 124 cm³/mol. The third-order valence-corrected chi connectivity index (χ3v) is 6.76. The van der Waals surface area contributed by atoms with Crippen molar-refractivity contribution < 1.29 is 0 Å². The molecular weight excluding hydrogens is 364 g/mol. The van der Waals surface area contributed by atoms with E-state index in [0.717, 1.165) is 29.6 Å². The van der Waals surface area contributed by atoms with Crippen LogP contribution < -0.4 is 0 Å². The van der Waals surface area contributed by atoms with E-state index in [1.54, 1.807) is 0 Å². The van der Waals surface area contributed by atoms with Crippen molar-refractivity contribution in [1.82, 2.24) is 9.97 Å². The SMILES string of the molecule is CCCCCCC(C)(CC)c1nc2ccc(C(C)(C)CCCC)cc2nc1Cl. The molecule has 1 unspecified atom stereocenters. The number of benzene rings is 1. The van der Waals surface area contributed by atoms with Gasteiger partial charge in [-0.1, -0.05) is 97.7 Å². The van der Waals surface area contributed by atoms with Gasteiger partial charge in [-0.15, -0.1) is 0 Å². The average molecular weight is 403 g/mol. The molecule has 3 heteroatoms. The quantitative estimate of drug-likeness (QED) is 0.352. The smallest absolute Gasteiger partial charge is 0.151 e. The lowest BCUT2D eigenvalue weighted by Crippen LogP contribution is -2.24. The summed E-state index contributed by atoms with van der Waals surface area (Å²) in [6, 6.07) is 6.56. The largest absolute Gasteiger partial charge is 0.247 e. The van der Waals surface area contributed by atoms with E-state index < -0.39 is 0 Å². The second-order valence-corrected chi connectivity index (χ2v) is 9.64. The molecule has 2 aromatic rings. The number of halogens is 1. The van der Waals surface area contributed by atoms with E-state index in [4.69, 9.17) is 21.6 Å². The third kappa shape index (κ3) is 5.47. The normalized spacial score (nSPS) is 14.4. The Kier molecular flexibility index (Phi) is 8.30. The number of hydrogen-bond acceptors (Lipinski definition) is 2. The summed E-state index contributed by atoms with van der Waals surface area (Å²) in [5.74, 6) is 0. The third-order valence-electron chi connectivity index (χ3n) is 6.49. The van der Waals surface area contributed by atoms with E-state index in [-0.39, 0.29) is 10.8 Å². The molecule has 0 amide bonds. The molecule has 0 radical (unpaired) electrons. The molecule has 1 aromatic heterocycles. The number of unbranched alkanes of at least 4 members (excludes halogenated alkanes) is 4. The Bertz CT molecular complexity index is 768. The van der Waals surface area contributed by atoms with Gasteiger partial charge >= 0.3 is 0 Å². The summed E-state index contributed by atoms with van der Waals surface area (Å²) in [5, 5.41) is 0.579. The van der Waals surface area contributed by atoms with Crippen molar-refractivity contribution in [3.8, 4) is 0 Å². The van der Waals surface area contributed by atoms with Gasteiger partial charge in [0.1, 0.15) is 0 Å². The maximum Gasteiger partial charge on any atom is 0.151 e. The molecule has 2 rings (SSSR count). The highest BCUT2D eigenvalue weighted by Gasteiger charge is 2.30. The molecule has 0 spiro atoms. The van der Waals surface area contributed by atoms with Crippen LogP contribution in [0.3, 0.4) is 0 Å². The van der Waals surface area contributed by atoms with Gasteiger partial charge in [-0.05, 0) is 42.4 Å². The Morgan fingerprint density at radius 3 is 2.18 bits per heavy atom. The first kappa shape index (κ1) is 23.1. The summed E-state index contributed by atoms with van der Waals surface area (Å²) < 4.78 is 0. The number of hydrogen-bond donors (Lipinski definition) is 0. The lowest BCUT2D eigenvalue weighted by Gasteiger charge is -2.29. The van der Waals surface area contributed by atoms with Gasteiger partial charge in [0.2, 0.25) is 0 Å². The number of rotatable bonds is 11. The van der Waals surface area contributed by atoms with Gasteiger partial charge in [-0.2, -0.15) is 0 Å². The Balaban J connectivity index is 2.34. The van der Waals surface area contributed by atoms with Crippen LogP contribution in [-0.4, -0.2) is 9.97 Å². The fourth-order valence-electron chi connectivity index (χ4n) is 4.01. The Labute approximate surface area is 177 Å². The van der Waals surface area contributed by atoms with Crippen LogP contribution in [0.2, 0.25) is 5.15 Å². The number of aromatic nitrogens is 2. The zero-order chi connectivity index (χ0) is 20.8. The van der Waals surface area contributed by atoms with Crippen molar-refractivity contribution in [3.05, 3.63) is 34.6 Å². The molecule has 156 valence electrons. The number of fused-ring (bicyclic) bond motifs is 1. The molecule has 0 saturated carbocycles. The summed E-state index contributed by atoms with van der Waals surface area (Å²) in [6.07, 6.45) is 10.8. The Morgan fingerprint density at radius 2 is 1.54 bits per heavy atom. The van der Waals surface area contributed by atoms with E-state index in [1.165, 1.54) is 50.5 Å². The van der Waals surface area contributed by atoms with Gasteiger partial charge in [-0.3, -0.25) is 0 Å². The van der Waals surface area contributed by atoms with Crippen molar-refractivity contribution in [2.45, 2.75) is 110 Å². The Hall–Kier alpha value is -1.15. The van der Waals surface area contributed by atoms with Crippen LogP contribution in [0.25, 0.3) is 11.0 Å². The zero-order valence-electron chi connectivity index (χ0n) is 18.9. The maximum atomic E-state index is 6.68. The van der Waals surface area contributed by atoms with Gasteiger partial charge in [-0.25, -0.2) is 9.97 Å². The first-order valence-corrected chi connectivity index (χ1v) is 11.6. The highest BCUT2D eigenvalue weighted by atomic mass is 35.5. The molecular formula is C25H39ClN2. The minimum atomic E-state index is -0.00885. The van der Waals surface area contributed by atoms with Gasteiger partial charge < -0.3 is 0 Å². The van der Waals surface area contributed by atoms with E-state index >= 15 is 0 Å². The van der Waals surface area contributed by atoms with Gasteiger partial charge in [0.25, 0.3) is 0 Å².